The Hall–Kier alpha value is -2.92. The number of aryl methyl sites for hydroxylation is 2. The number of hydrogen-bond donors (Lipinski definition) is 2. The minimum Gasteiger partial charge on any atom is -0.481 e. The van der Waals surface area contributed by atoms with Crippen molar-refractivity contribution in [1.82, 2.24) is 4.90 Å². The standard InChI is InChI=1S/C28H35NO4/c1-20-9-6-7-10-24(20)25-19-22(13-12-21(25)2)26(30)16-14-23-15-17-27(31)29(23)18-8-4-3-5-11-28(32)33/h6-7,9-10,12-14,16,19,23,26,30H,3-5,8,11,15,17-18H2,1-2H3,(H,32,33)/t23?,26-/m1/s1. The lowest BCUT2D eigenvalue weighted by Gasteiger charge is -2.23. The number of benzene rings is 2. The molecule has 0 bridgehead atoms. The number of aliphatic hydroxyl groups excluding tert-OH is 1. The van der Waals surface area contributed by atoms with Crippen molar-refractivity contribution < 1.29 is 19.8 Å². The van der Waals surface area contributed by atoms with E-state index in [9.17, 15) is 14.7 Å². The topological polar surface area (TPSA) is 77.8 Å². The van der Waals surface area contributed by atoms with E-state index in [4.69, 9.17) is 5.11 Å². The molecule has 0 spiro atoms. The van der Waals surface area contributed by atoms with Crippen LogP contribution in [0.5, 0.6) is 0 Å². The van der Waals surface area contributed by atoms with Crippen molar-refractivity contribution >= 4 is 11.9 Å². The number of likely N-dealkylation sites (tertiary alicyclic amines) is 1. The van der Waals surface area contributed by atoms with Crippen LogP contribution in [0, 0.1) is 13.8 Å². The molecule has 0 saturated carbocycles. The molecule has 2 atom stereocenters. The number of carboxylic acids is 1. The first-order chi connectivity index (χ1) is 15.9. The zero-order valence-corrected chi connectivity index (χ0v) is 19.7. The van der Waals surface area contributed by atoms with Gasteiger partial charge in [-0.15, -0.1) is 0 Å². The number of aliphatic carboxylic acids is 1. The highest BCUT2D eigenvalue weighted by Crippen LogP contribution is 2.30. The Morgan fingerprint density at radius 1 is 1.06 bits per heavy atom. The minimum absolute atomic E-state index is 0.00690. The zero-order chi connectivity index (χ0) is 23.8. The third-order valence-electron chi connectivity index (χ3n) is 6.47. The van der Waals surface area contributed by atoms with Crippen molar-refractivity contribution in [2.75, 3.05) is 6.54 Å². The number of hydrogen-bond acceptors (Lipinski definition) is 3. The highest BCUT2D eigenvalue weighted by Gasteiger charge is 2.28. The van der Waals surface area contributed by atoms with E-state index >= 15 is 0 Å². The van der Waals surface area contributed by atoms with Crippen LogP contribution in [0.4, 0.5) is 0 Å². The van der Waals surface area contributed by atoms with Gasteiger partial charge in [-0.25, -0.2) is 0 Å². The highest BCUT2D eigenvalue weighted by atomic mass is 16.4. The van der Waals surface area contributed by atoms with Crippen LogP contribution in [0.1, 0.15) is 67.7 Å². The molecule has 5 heteroatoms. The van der Waals surface area contributed by atoms with E-state index in [1.54, 1.807) is 6.08 Å². The molecule has 1 aliphatic heterocycles. The summed E-state index contributed by atoms with van der Waals surface area (Å²) in [6.45, 7) is 4.85. The Bertz CT molecular complexity index is 997. The molecule has 5 nitrogen and oxygen atoms in total. The lowest BCUT2D eigenvalue weighted by molar-refractivity contribution is -0.137. The number of rotatable bonds is 11. The lowest BCUT2D eigenvalue weighted by Crippen LogP contribution is -2.32. The molecule has 0 radical (unpaired) electrons. The molecule has 1 unspecified atom stereocenters. The van der Waals surface area contributed by atoms with Gasteiger partial charge in [0.25, 0.3) is 0 Å². The molecular weight excluding hydrogens is 414 g/mol. The van der Waals surface area contributed by atoms with Crippen molar-refractivity contribution in [2.24, 2.45) is 0 Å². The highest BCUT2D eigenvalue weighted by molar-refractivity contribution is 5.79. The van der Waals surface area contributed by atoms with E-state index in [0.717, 1.165) is 36.8 Å². The van der Waals surface area contributed by atoms with Crippen LogP contribution in [0.2, 0.25) is 0 Å². The van der Waals surface area contributed by atoms with E-state index in [-0.39, 0.29) is 18.4 Å². The van der Waals surface area contributed by atoms with Gasteiger partial charge in [-0.05, 0) is 67.0 Å². The summed E-state index contributed by atoms with van der Waals surface area (Å²) >= 11 is 0. The summed E-state index contributed by atoms with van der Waals surface area (Å²) < 4.78 is 0. The predicted octanol–water partition coefficient (Wildman–Crippen LogP) is 5.59. The van der Waals surface area contributed by atoms with Crippen molar-refractivity contribution in [2.45, 2.75) is 70.9 Å². The van der Waals surface area contributed by atoms with Gasteiger partial charge in [0.05, 0.1) is 12.1 Å². The summed E-state index contributed by atoms with van der Waals surface area (Å²) in [5, 5.41) is 19.6. The van der Waals surface area contributed by atoms with E-state index in [2.05, 4.69) is 32.0 Å². The van der Waals surface area contributed by atoms with Crippen LogP contribution in [0.25, 0.3) is 11.1 Å². The third-order valence-corrected chi connectivity index (χ3v) is 6.47. The largest absolute Gasteiger partial charge is 0.481 e. The lowest BCUT2D eigenvalue weighted by atomic mass is 9.93. The number of carbonyl (C=O) groups is 2. The molecule has 1 amide bonds. The summed E-state index contributed by atoms with van der Waals surface area (Å²) in [5.41, 5.74) is 5.50. The van der Waals surface area contributed by atoms with Gasteiger partial charge in [0.1, 0.15) is 0 Å². The molecule has 1 aliphatic rings. The molecule has 1 saturated heterocycles. The van der Waals surface area contributed by atoms with Crippen LogP contribution >= 0.6 is 0 Å². The summed E-state index contributed by atoms with van der Waals surface area (Å²) in [5.74, 6) is -0.602. The van der Waals surface area contributed by atoms with Crippen LogP contribution in [0.15, 0.2) is 54.6 Å². The molecule has 0 aromatic heterocycles. The predicted molar refractivity (Wildman–Crippen MR) is 131 cm³/mol. The van der Waals surface area contributed by atoms with E-state index in [1.165, 1.54) is 16.7 Å². The minimum atomic E-state index is -0.756. The van der Waals surface area contributed by atoms with Gasteiger partial charge >= 0.3 is 5.97 Å². The molecule has 33 heavy (non-hydrogen) atoms. The molecule has 0 aliphatic carbocycles. The van der Waals surface area contributed by atoms with E-state index in [1.807, 2.05) is 35.2 Å². The second kappa shape index (κ2) is 11.8. The Morgan fingerprint density at radius 3 is 2.55 bits per heavy atom. The second-order valence-electron chi connectivity index (χ2n) is 8.97. The SMILES string of the molecule is Cc1ccccc1-c1cc([C@H](O)C=CC2CCC(=O)N2CCCCCCC(=O)O)ccc1C. The van der Waals surface area contributed by atoms with Gasteiger partial charge < -0.3 is 15.1 Å². The molecule has 176 valence electrons. The van der Waals surface area contributed by atoms with Gasteiger partial charge in [-0.2, -0.15) is 0 Å². The average molecular weight is 450 g/mol. The van der Waals surface area contributed by atoms with Gasteiger partial charge in [0.2, 0.25) is 5.91 Å². The number of carbonyl (C=O) groups excluding carboxylic acids is 1. The van der Waals surface area contributed by atoms with E-state index in [0.29, 0.717) is 19.4 Å². The first-order valence-corrected chi connectivity index (χ1v) is 11.9. The molecule has 1 fully saturated rings. The Labute approximate surface area is 196 Å². The fraction of sp³-hybridized carbons (Fsp3) is 0.429. The number of amides is 1. The number of unbranched alkanes of at least 4 members (excludes halogenated alkanes) is 3. The quantitative estimate of drug-likeness (QED) is 0.346. The molecule has 1 heterocycles. The Balaban J connectivity index is 1.61. The van der Waals surface area contributed by atoms with Crippen LogP contribution in [-0.4, -0.2) is 39.6 Å². The zero-order valence-electron chi connectivity index (χ0n) is 19.7. The second-order valence-corrected chi connectivity index (χ2v) is 8.97. The van der Waals surface area contributed by atoms with E-state index < -0.39 is 12.1 Å². The van der Waals surface area contributed by atoms with Crippen molar-refractivity contribution in [3.05, 3.63) is 71.3 Å². The van der Waals surface area contributed by atoms with Crippen LogP contribution < -0.4 is 0 Å². The van der Waals surface area contributed by atoms with Crippen molar-refractivity contribution in [3.8, 4) is 11.1 Å². The van der Waals surface area contributed by atoms with Crippen LogP contribution in [0.3, 0.4) is 0 Å². The summed E-state index contributed by atoms with van der Waals surface area (Å²) in [7, 11) is 0. The fourth-order valence-corrected chi connectivity index (χ4v) is 4.49. The summed E-state index contributed by atoms with van der Waals surface area (Å²) in [6.07, 6.45) is 7.87. The number of carboxylic acid groups (broad SMARTS) is 1. The first kappa shape index (κ1) is 24.7. The smallest absolute Gasteiger partial charge is 0.303 e. The number of nitrogens with zero attached hydrogens (tertiary/aromatic N) is 1. The summed E-state index contributed by atoms with van der Waals surface area (Å²) in [4.78, 5) is 24.8. The Kier molecular flexibility index (Phi) is 8.84. The summed E-state index contributed by atoms with van der Waals surface area (Å²) in [6, 6.07) is 14.3. The molecular formula is C28H35NO4. The van der Waals surface area contributed by atoms with Gasteiger partial charge in [0, 0.05) is 19.4 Å². The fourth-order valence-electron chi connectivity index (χ4n) is 4.49. The maximum Gasteiger partial charge on any atom is 0.303 e. The van der Waals surface area contributed by atoms with Crippen molar-refractivity contribution in [1.29, 1.82) is 0 Å². The van der Waals surface area contributed by atoms with Gasteiger partial charge in [-0.1, -0.05) is 61.4 Å². The van der Waals surface area contributed by atoms with Gasteiger partial charge in [-0.3, -0.25) is 9.59 Å². The third kappa shape index (κ3) is 6.78. The van der Waals surface area contributed by atoms with Gasteiger partial charge in [0.15, 0.2) is 0 Å². The Morgan fingerprint density at radius 2 is 1.79 bits per heavy atom. The monoisotopic (exact) mass is 449 g/mol. The van der Waals surface area contributed by atoms with Crippen molar-refractivity contribution in [3.63, 3.8) is 0 Å². The van der Waals surface area contributed by atoms with Crippen LogP contribution in [-0.2, 0) is 9.59 Å². The number of aliphatic hydroxyl groups is 1. The first-order valence-electron chi connectivity index (χ1n) is 11.9. The molecule has 2 N–H and O–H groups in total. The molecule has 2 aromatic carbocycles. The molecule has 3 rings (SSSR count). The molecule has 2 aromatic rings. The maximum absolute atomic E-state index is 12.3. The normalized spacial score (nSPS) is 17.1. The average Bonchev–Trinajstić information content (AvgIpc) is 3.14. The maximum atomic E-state index is 12.3.